The third-order valence-corrected chi connectivity index (χ3v) is 5.24. The van der Waals surface area contributed by atoms with Gasteiger partial charge in [-0.05, 0) is 37.7 Å². The smallest absolute Gasteiger partial charge is 0.317 e. The fourth-order valence-electron chi connectivity index (χ4n) is 3.59. The fourth-order valence-corrected chi connectivity index (χ4v) is 3.59. The van der Waals surface area contributed by atoms with E-state index >= 15 is 0 Å². The minimum atomic E-state index is 0.0820. The number of carbonyl (C=O) groups excluding carboxylic acids is 1. The van der Waals surface area contributed by atoms with Gasteiger partial charge in [-0.25, -0.2) is 4.79 Å². The van der Waals surface area contributed by atoms with Crippen LogP contribution < -0.4 is 5.32 Å². The Morgan fingerprint density at radius 3 is 2.64 bits per heavy atom. The summed E-state index contributed by atoms with van der Waals surface area (Å²) in [6.07, 6.45) is 5.91. The topological polar surface area (TPSA) is 44.8 Å². The highest BCUT2D eigenvalue weighted by Crippen LogP contribution is 2.15. The van der Waals surface area contributed by atoms with Crippen molar-refractivity contribution in [1.82, 2.24) is 15.1 Å². The van der Waals surface area contributed by atoms with Crippen LogP contribution in [0.15, 0.2) is 30.3 Å². The van der Waals surface area contributed by atoms with Gasteiger partial charge in [0.15, 0.2) is 0 Å². The van der Waals surface area contributed by atoms with E-state index < -0.39 is 0 Å². The maximum atomic E-state index is 12.3. The van der Waals surface area contributed by atoms with Gasteiger partial charge < -0.3 is 15.0 Å². The van der Waals surface area contributed by atoms with Crippen molar-refractivity contribution in [1.29, 1.82) is 0 Å². The van der Waals surface area contributed by atoms with E-state index in [1.165, 1.54) is 18.4 Å². The Balaban J connectivity index is 1.29. The largest absolute Gasteiger partial charge is 0.378 e. The summed E-state index contributed by atoms with van der Waals surface area (Å²) in [7, 11) is 0. The number of carbonyl (C=O) groups is 1. The summed E-state index contributed by atoms with van der Waals surface area (Å²) in [4.78, 5) is 16.7. The second-order valence-electron chi connectivity index (χ2n) is 7.07. The average Bonchev–Trinajstić information content (AvgIpc) is 2.68. The Morgan fingerprint density at radius 1 is 1.12 bits per heavy atom. The number of piperazine rings is 1. The fraction of sp³-hybridized carbons (Fsp3) is 0.650. The zero-order valence-electron chi connectivity index (χ0n) is 15.2. The molecule has 2 fully saturated rings. The van der Waals surface area contributed by atoms with Crippen LogP contribution in [0.3, 0.4) is 0 Å². The van der Waals surface area contributed by atoms with E-state index in [0.717, 1.165) is 65.1 Å². The van der Waals surface area contributed by atoms with Crippen LogP contribution in [0, 0.1) is 0 Å². The van der Waals surface area contributed by atoms with Crippen LogP contribution in [0.5, 0.6) is 0 Å². The molecule has 0 saturated carbocycles. The summed E-state index contributed by atoms with van der Waals surface area (Å²) >= 11 is 0. The molecule has 0 aliphatic carbocycles. The van der Waals surface area contributed by atoms with Crippen LogP contribution in [-0.4, -0.2) is 67.8 Å². The highest BCUT2D eigenvalue weighted by Gasteiger charge is 2.21. The van der Waals surface area contributed by atoms with Crippen LogP contribution in [0.25, 0.3) is 0 Å². The summed E-state index contributed by atoms with van der Waals surface area (Å²) in [6.45, 7) is 6.23. The highest BCUT2D eigenvalue weighted by atomic mass is 16.5. The van der Waals surface area contributed by atoms with E-state index in [1.54, 1.807) is 0 Å². The number of nitrogens with one attached hydrogen (secondary N) is 1. The molecule has 3 rings (SSSR count). The molecule has 2 heterocycles. The SMILES string of the molecule is O=C(NCC[C@@H]1CCCCO1)N1CCN(CCc2ccccc2)CC1. The van der Waals surface area contributed by atoms with E-state index in [4.69, 9.17) is 4.74 Å². The lowest BCUT2D eigenvalue weighted by Gasteiger charge is -2.34. The van der Waals surface area contributed by atoms with Gasteiger partial charge in [-0.15, -0.1) is 0 Å². The van der Waals surface area contributed by atoms with E-state index in [0.29, 0.717) is 6.10 Å². The van der Waals surface area contributed by atoms with Crippen molar-refractivity contribution in [3.63, 3.8) is 0 Å². The molecule has 1 aromatic carbocycles. The van der Waals surface area contributed by atoms with Gasteiger partial charge >= 0.3 is 6.03 Å². The minimum Gasteiger partial charge on any atom is -0.378 e. The summed E-state index contributed by atoms with van der Waals surface area (Å²) in [6, 6.07) is 10.7. The Kier molecular flexibility index (Phi) is 7.12. The molecule has 0 unspecified atom stereocenters. The Labute approximate surface area is 151 Å². The molecule has 1 N–H and O–H groups in total. The third-order valence-electron chi connectivity index (χ3n) is 5.24. The van der Waals surface area contributed by atoms with Crippen LogP contribution in [0.2, 0.25) is 0 Å². The van der Waals surface area contributed by atoms with Gasteiger partial charge in [-0.3, -0.25) is 4.90 Å². The number of ether oxygens (including phenoxy) is 1. The van der Waals surface area contributed by atoms with Crippen LogP contribution in [-0.2, 0) is 11.2 Å². The molecular weight excluding hydrogens is 314 g/mol. The molecule has 2 saturated heterocycles. The monoisotopic (exact) mass is 345 g/mol. The highest BCUT2D eigenvalue weighted by molar-refractivity contribution is 5.74. The summed E-state index contributed by atoms with van der Waals surface area (Å²) in [5.41, 5.74) is 1.38. The summed E-state index contributed by atoms with van der Waals surface area (Å²) < 4.78 is 5.71. The number of nitrogens with zero attached hydrogens (tertiary/aromatic N) is 2. The number of benzene rings is 1. The Morgan fingerprint density at radius 2 is 1.92 bits per heavy atom. The van der Waals surface area contributed by atoms with Crippen molar-refractivity contribution in [3.8, 4) is 0 Å². The molecule has 0 spiro atoms. The maximum absolute atomic E-state index is 12.3. The van der Waals surface area contributed by atoms with Gasteiger partial charge in [0.05, 0.1) is 6.10 Å². The molecule has 0 bridgehead atoms. The maximum Gasteiger partial charge on any atom is 0.317 e. The van der Waals surface area contributed by atoms with Gasteiger partial charge in [-0.2, -0.15) is 0 Å². The van der Waals surface area contributed by atoms with Crippen molar-refractivity contribution < 1.29 is 9.53 Å². The first kappa shape index (κ1) is 18.2. The quantitative estimate of drug-likeness (QED) is 0.862. The molecule has 2 aliphatic heterocycles. The van der Waals surface area contributed by atoms with Gasteiger partial charge in [0.25, 0.3) is 0 Å². The molecule has 25 heavy (non-hydrogen) atoms. The first-order valence-electron chi connectivity index (χ1n) is 9.72. The zero-order chi connectivity index (χ0) is 17.3. The van der Waals surface area contributed by atoms with Crippen molar-refractivity contribution >= 4 is 6.03 Å². The Hall–Kier alpha value is -1.59. The van der Waals surface area contributed by atoms with E-state index in [1.807, 2.05) is 4.90 Å². The second kappa shape index (κ2) is 9.78. The first-order chi connectivity index (χ1) is 12.3. The predicted molar refractivity (Wildman–Crippen MR) is 99.8 cm³/mol. The lowest BCUT2D eigenvalue weighted by atomic mass is 10.1. The molecule has 0 radical (unpaired) electrons. The number of urea groups is 1. The molecule has 0 aromatic heterocycles. The van der Waals surface area contributed by atoms with E-state index in [2.05, 4.69) is 40.5 Å². The Bertz CT molecular complexity index is 509. The molecule has 5 nitrogen and oxygen atoms in total. The van der Waals surface area contributed by atoms with E-state index in [9.17, 15) is 4.79 Å². The van der Waals surface area contributed by atoms with Gasteiger partial charge in [0, 0.05) is 45.9 Å². The molecule has 2 amide bonds. The minimum absolute atomic E-state index is 0.0820. The van der Waals surface area contributed by atoms with Gasteiger partial charge in [0.2, 0.25) is 0 Å². The van der Waals surface area contributed by atoms with Crippen molar-refractivity contribution in [2.75, 3.05) is 45.9 Å². The summed E-state index contributed by atoms with van der Waals surface area (Å²) in [5, 5.41) is 3.06. The van der Waals surface area contributed by atoms with Crippen molar-refractivity contribution in [2.45, 2.75) is 38.2 Å². The van der Waals surface area contributed by atoms with Crippen LogP contribution >= 0.6 is 0 Å². The van der Waals surface area contributed by atoms with Crippen molar-refractivity contribution in [2.24, 2.45) is 0 Å². The average molecular weight is 345 g/mol. The molecule has 138 valence electrons. The van der Waals surface area contributed by atoms with Crippen LogP contribution in [0.4, 0.5) is 4.79 Å². The predicted octanol–water partition coefficient (Wildman–Crippen LogP) is 2.52. The normalized spacial score (nSPS) is 21.9. The van der Waals surface area contributed by atoms with Crippen molar-refractivity contribution in [3.05, 3.63) is 35.9 Å². The second-order valence-corrected chi connectivity index (χ2v) is 7.07. The zero-order valence-corrected chi connectivity index (χ0v) is 15.2. The number of amides is 2. The van der Waals surface area contributed by atoms with Crippen LogP contribution in [0.1, 0.15) is 31.2 Å². The number of rotatable bonds is 6. The number of hydrogen-bond donors (Lipinski definition) is 1. The van der Waals surface area contributed by atoms with E-state index in [-0.39, 0.29) is 6.03 Å². The van der Waals surface area contributed by atoms with Gasteiger partial charge in [-0.1, -0.05) is 30.3 Å². The lowest BCUT2D eigenvalue weighted by molar-refractivity contribution is 0.0117. The molecule has 2 aliphatic rings. The standard InChI is InChI=1S/C20H31N3O2/c24-20(21-11-9-19-8-4-5-17-25-19)23-15-13-22(14-16-23)12-10-18-6-2-1-3-7-18/h1-3,6-7,19H,4-5,8-17H2,(H,21,24)/t19-/m0/s1. The number of hydrogen-bond acceptors (Lipinski definition) is 3. The molecule has 1 aromatic rings. The summed E-state index contributed by atoms with van der Waals surface area (Å²) in [5.74, 6) is 0. The molecule has 5 heteroatoms. The van der Waals surface area contributed by atoms with Gasteiger partial charge in [0.1, 0.15) is 0 Å². The lowest BCUT2D eigenvalue weighted by Crippen LogP contribution is -2.52. The molecular formula is C20H31N3O2. The first-order valence-corrected chi connectivity index (χ1v) is 9.72. The molecule has 1 atom stereocenters. The third kappa shape index (κ3) is 6.01.